The van der Waals surface area contributed by atoms with Gasteiger partial charge >= 0.3 is 7.40 Å². The van der Waals surface area contributed by atoms with Gasteiger partial charge in [-0.05, 0) is 43.7 Å². The lowest BCUT2D eigenvalue weighted by atomic mass is 10.1. The van der Waals surface area contributed by atoms with Crippen LogP contribution >= 0.6 is 0 Å². The van der Waals surface area contributed by atoms with Gasteiger partial charge in [0.2, 0.25) is 0 Å². The molecule has 2 heterocycles. The van der Waals surface area contributed by atoms with Crippen LogP contribution in [0.25, 0.3) is 6.08 Å². The molecule has 0 fully saturated rings. The highest BCUT2D eigenvalue weighted by Gasteiger charge is 2.23. The van der Waals surface area contributed by atoms with Crippen molar-refractivity contribution in [1.82, 2.24) is 4.48 Å². The van der Waals surface area contributed by atoms with Crippen LogP contribution in [0.4, 0.5) is 8.63 Å². The van der Waals surface area contributed by atoms with Crippen molar-refractivity contribution in [1.29, 1.82) is 0 Å². The van der Waals surface area contributed by atoms with Gasteiger partial charge in [0.1, 0.15) is 0 Å². The number of rotatable bonds is 2. The second kappa shape index (κ2) is 4.08. The first kappa shape index (κ1) is 10.9. The molecule has 0 radical (unpaired) electrons. The molecule has 0 amide bonds. The van der Waals surface area contributed by atoms with Crippen LogP contribution < -0.4 is 0 Å². The highest BCUT2D eigenvalue weighted by molar-refractivity contribution is 6.41. The lowest BCUT2D eigenvalue weighted by molar-refractivity contribution is 0.624. The third-order valence-electron chi connectivity index (χ3n) is 2.53. The number of aliphatic imine (C=N–C) groups is 1. The summed E-state index contributed by atoms with van der Waals surface area (Å²) in [5.41, 5.74) is 2.61. The van der Waals surface area contributed by atoms with Crippen LogP contribution in [0.3, 0.4) is 0 Å². The number of hydrogen-bond donors (Lipinski definition) is 0. The fourth-order valence-corrected chi connectivity index (χ4v) is 1.82. The Morgan fingerprint density at radius 3 is 2.69 bits per heavy atom. The summed E-state index contributed by atoms with van der Waals surface area (Å²) in [5.74, 6) is 0. The van der Waals surface area contributed by atoms with Crippen LogP contribution in [0.15, 0.2) is 28.9 Å². The number of hydrogen-bond acceptors (Lipinski definition) is 1. The Kier molecular flexibility index (Phi) is 2.77. The maximum Gasteiger partial charge on any atom is 0.677 e. The van der Waals surface area contributed by atoms with E-state index in [4.69, 9.17) is 0 Å². The van der Waals surface area contributed by atoms with Crippen LogP contribution in [0.1, 0.15) is 17.0 Å². The van der Waals surface area contributed by atoms with Gasteiger partial charge in [-0.25, -0.2) is 0 Å². The van der Waals surface area contributed by atoms with Gasteiger partial charge in [-0.15, -0.1) is 0 Å². The van der Waals surface area contributed by atoms with E-state index in [0.717, 1.165) is 10.0 Å². The molecule has 16 heavy (non-hydrogen) atoms. The summed E-state index contributed by atoms with van der Waals surface area (Å²) in [6.45, 7) is 3.50. The number of halogens is 2. The molecule has 0 bridgehead atoms. The smallest absolute Gasteiger partial charge is 0.329 e. The second-order valence-corrected chi connectivity index (χ2v) is 3.71. The minimum absolute atomic E-state index is 0.520. The topological polar surface area (TPSA) is 17.3 Å². The van der Waals surface area contributed by atoms with Gasteiger partial charge in [0.05, 0.1) is 5.70 Å². The van der Waals surface area contributed by atoms with E-state index < -0.39 is 7.40 Å². The molecule has 1 aromatic heterocycles. The second-order valence-electron chi connectivity index (χ2n) is 3.71. The summed E-state index contributed by atoms with van der Waals surface area (Å²) in [4.78, 5) is 4.05. The van der Waals surface area contributed by atoms with Gasteiger partial charge in [0.25, 0.3) is 0 Å². The molecule has 0 saturated heterocycles. The first-order valence-corrected chi connectivity index (χ1v) is 4.98. The van der Waals surface area contributed by atoms with E-state index in [2.05, 4.69) is 4.99 Å². The Bertz CT molecular complexity index is 484. The van der Waals surface area contributed by atoms with Crippen molar-refractivity contribution in [3.05, 3.63) is 40.9 Å². The van der Waals surface area contributed by atoms with Crippen molar-refractivity contribution in [3.63, 3.8) is 0 Å². The van der Waals surface area contributed by atoms with Crippen LogP contribution in [0, 0.1) is 13.8 Å². The summed E-state index contributed by atoms with van der Waals surface area (Å²) >= 11 is 0. The average Bonchev–Trinajstić information content (AvgIpc) is 2.76. The Morgan fingerprint density at radius 2 is 2.12 bits per heavy atom. The Labute approximate surface area is 93.2 Å². The lowest BCUT2D eigenvalue weighted by Crippen LogP contribution is -2.16. The molecule has 2 rings (SSSR count). The normalized spacial score (nSPS) is 16.4. The molecule has 0 atom stereocenters. The van der Waals surface area contributed by atoms with Gasteiger partial charge < -0.3 is 4.48 Å². The number of allylic oxidation sites excluding steroid dienone is 2. The molecule has 0 spiro atoms. The summed E-state index contributed by atoms with van der Waals surface area (Å²) in [6, 6.07) is 1.75. The first-order valence-electron chi connectivity index (χ1n) is 4.98. The van der Waals surface area contributed by atoms with Crippen molar-refractivity contribution >= 4 is 19.7 Å². The minimum atomic E-state index is -2.52. The predicted octanol–water partition coefficient (Wildman–Crippen LogP) is 2.86. The van der Waals surface area contributed by atoms with Crippen molar-refractivity contribution in [2.45, 2.75) is 13.8 Å². The standard InChI is InChI=1S/C11H11BF2N2/c1-8-6-9(2)16(12(13)14)11(8)7-10-4-3-5-15-10/h3-7H,1-2H3/b10-7-. The van der Waals surface area contributed by atoms with Crippen molar-refractivity contribution in [2.75, 3.05) is 0 Å². The zero-order chi connectivity index (χ0) is 11.7. The number of aromatic nitrogens is 1. The highest BCUT2D eigenvalue weighted by atomic mass is 19.2. The summed E-state index contributed by atoms with van der Waals surface area (Å²) in [5, 5.41) is 0. The molecular weight excluding hydrogens is 209 g/mol. The predicted molar refractivity (Wildman–Crippen MR) is 62.9 cm³/mol. The highest BCUT2D eigenvalue weighted by Crippen LogP contribution is 2.21. The van der Waals surface area contributed by atoms with E-state index in [1.165, 1.54) is 0 Å². The molecule has 0 aromatic carbocycles. The van der Waals surface area contributed by atoms with Crippen molar-refractivity contribution < 1.29 is 8.63 Å². The Hall–Kier alpha value is -1.65. The Balaban J connectivity index is 2.51. The van der Waals surface area contributed by atoms with E-state index in [1.807, 2.05) is 6.92 Å². The molecule has 1 aliphatic rings. The average molecular weight is 220 g/mol. The first-order chi connectivity index (χ1) is 7.59. The maximum atomic E-state index is 12.9. The van der Waals surface area contributed by atoms with Crippen LogP contribution in [-0.2, 0) is 0 Å². The molecule has 2 nitrogen and oxygen atoms in total. The van der Waals surface area contributed by atoms with Gasteiger partial charge in [-0.1, -0.05) is 0 Å². The fraction of sp³-hybridized carbons (Fsp3) is 0.182. The summed E-state index contributed by atoms with van der Waals surface area (Å²) in [6.07, 6.45) is 6.89. The zero-order valence-electron chi connectivity index (χ0n) is 9.11. The van der Waals surface area contributed by atoms with Crippen molar-refractivity contribution in [2.24, 2.45) is 4.99 Å². The number of nitrogens with zero attached hydrogens (tertiary/aromatic N) is 2. The zero-order valence-corrected chi connectivity index (χ0v) is 9.11. The third-order valence-corrected chi connectivity index (χ3v) is 2.53. The molecule has 1 aliphatic heterocycles. The molecule has 0 unspecified atom stereocenters. The van der Waals surface area contributed by atoms with E-state index in [-0.39, 0.29) is 0 Å². The van der Waals surface area contributed by atoms with Gasteiger partial charge in [-0.3, -0.25) is 13.6 Å². The lowest BCUT2D eigenvalue weighted by Gasteiger charge is -2.05. The fourth-order valence-electron chi connectivity index (χ4n) is 1.82. The van der Waals surface area contributed by atoms with Gasteiger partial charge in [0, 0.05) is 17.6 Å². The SMILES string of the molecule is Cc1cc(C)n(B(F)F)c1/C=C1/C=CC=N1. The van der Waals surface area contributed by atoms with Gasteiger partial charge in [0.15, 0.2) is 0 Å². The molecule has 0 aliphatic carbocycles. The Morgan fingerprint density at radius 1 is 1.38 bits per heavy atom. The largest absolute Gasteiger partial charge is 0.677 e. The molecule has 1 aromatic rings. The molecule has 0 N–H and O–H groups in total. The summed E-state index contributed by atoms with van der Waals surface area (Å²) < 4.78 is 26.7. The maximum absolute atomic E-state index is 12.9. The molecular formula is C11H11BF2N2. The van der Waals surface area contributed by atoms with Gasteiger partial charge in [-0.2, -0.15) is 0 Å². The van der Waals surface area contributed by atoms with Crippen LogP contribution in [0.2, 0.25) is 0 Å². The molecule has 5 heteroatoms. The van der Waals surface area contributed by atoms with E-state index in [9.17, 15) is 8.63 Å². The van der Waals surface area contributed by atoms with Crippen LogP contribution in [-0.4, -0.2) is 18.1 Å². The van der Waals surface area contributed by atoms with E-state index in [0.29, 0.717) is 17.1 Å². The third kappa shape index (κ3) is 1.85. The quantitative estimate of drug-likeness (QED) is 0.682. The van der Waals surface area contributed by atoms with E-state index >= 15 is 0 Å². The summed E-state index contributed by atoms with van der Waals surface area (Å²) in [7, 11) is -2.52. The molecule has 0 saturated carbocycles. The number of aryl methyl sites for hydroxylation is 2. The van der Waals surface area contributed by atoms with E-state index in [1.54, 1.807) is 37.4 Å². The monoisotopic (exact) mass is 220 g/mol. The van der Waals surface area contributed by atoms with Crippen molar-refractivity contribution in [3.8, 4) is 0 Å². The van der Waals surface area contributed by atoms with Crippen LogP contribution in [0.5, 0.6) is 0 Å². The minimum Gasteiger partial charge on any atom is -0.329 e. The molecule has 82 valence electrons.